The third kappa shape index (κ3) is 6.41. The number of aliphatic imine (C=N–C) groups is 1. The standard InChI is InChI=1S/C20H31N3O3.HI/c1-21-20(23-14-17-10-6-12-25-17)22-13-15-7-5-11-18(24-2)19(15)26-16-8-3-4-9-16;/h5,7,11,16-17H,3-4,6,8-10,12-14H2,1-2H3,(H2,21,22,23);1H. The smallest absolute Gasteiger partial charge is 0.191 e. The number of para-hydroxylation sites is 1. The second-order valence-electron chi connectivity index (χ2n) is 6.91. The van der Waals surface area contributed by atoms with Crippen LogP contribution in [-0.2, 0) is 11.3 Å². The van der Waals surface area contributed by atoms with Gasteiger partial charge in [-0.25, -0.2) is 0 Å². The van der Waals surface area contributed by atoms with E-state index in [0.29, 0.717) is 12.6 Å². The Kier molecular flexibility index (Phi) is 9.47. The molecule has 1 aliphatic heterocycles. The lowest BCUT2D eigenvalue weighted by Crippen LogP contribution is -2.40. The van der Waals surface area contributed by atoms with E-state index in [0.717, 1.165) is 61.9 Å². The highest BCUT2D eigenvalue weighted by Crippen LogP contribution is 2.34. The maximum Gasteiger partial charge on any atom is 0.191 e. The van der Waals surface area contributed by atoms with Gasteiger partial charge in [-0.3, -0.25) is 4.99 Å². The average molecular weight is 489 g/mol. The quantitative estimate of drug-likeness (QED) is 0.349. The average Bonchev–Trinajstić information content (AvgIpc) is 3.36. The van der Waals surface area contributed by atoms with E-state index in [-0.39, 0.29) is 30.1 Å². The largest absolute Gasteiger partial charge is 0.493 e. The predicted octanol–water partition coefficient (Wildman–Crippen LogP) is 3.48. The number of hydrogen-bond donors (Lipinski definition) is 2. The number of nitrogens with one attached hydrogen (secondary N) is 2. The minimum absolute atomic E-state index is 0. The van der Waals surface area contributed by atoms with E-state index in [1.54, 1.807) is 14.2 Å². The fraction of sp³-hybridized carbons (Fsp3) is 0.650. The van der Waals surface area contributed by atoms with Gasteiger partial charge < -0.3 is 24.8 Å². The molecule has 6 nitrogen and oxygen atoms in total. The fourth-order valence-electron chi connectivity index (χ4n) is 3.58. The first kappa shape index (κ1) is 22.1. The van der Waals surface area contributed by atoms with Gasteiger partial charge in [-0.1, -0.05) is 12.1 Å². The number of rotatable bonds is 7. The minimum Gasteiger partial charge on any atom is -0.493 e. The van der Waals surface area contributed by atoms with Gasteiger partial charge in [0.25, 0.3) is 0 Å². The van der Waals surface area contributed by atoms with Crippen molar-refractivity contribution in [2.24, 2.45) is 4.99 Å². The molecule has 1 heterocycles. The number of halogens is 1. The van der Waals surface area contributed by atoms with Crippen molar-refractivity contribution in [3.63, 3.8) is 0 Å². The van der Waals surface area contributed by atoms with Crippen LogP contribution in [0, 0.1) is 0 Å². The van der Waals surface area contributed by atoms with Gasteiger partial charge in [-0.2, -0.15) is 0 Å². The van der Waals surface area contributed by atoms with Crippen molar-refractivity contribution in [1.29, 1.82) is 0 Å². The van der Waals surface area contributed by atoms with Crippen LogP contribution >= 0.6 is 24.0 Å². The Balaban J connectivity index is 0.00000261. The third-order valence-corrected chi connectivity index (χ3v) is 5.06. The van der Waals surface area contributed by atoms with Crippen molar-refractivity contribution in [1.82, 2.24) is 10.6 Å². The zero-order chi connectivity index (χ0) is 18.2. The molecular weight excluding hydrogens is 457 g/mol. The molecule has 0 amide bonds. The van der Waals surface area contributed by atoms with Crippen LogP contribution in [0.1, 0.15) is 44.1 Å². The van der Waals surface area contributed by atoms with E-state index in [1.807, 2.05) is 12.1 Å². The summed E-state index contributed by atoms with van der Waals surface area (Å²) in [6.07, 6.45) is 7.56. The first-order chi connectivity index (χ1) is 12.8. The molecule has 0 spiro atoms. The summed E-state index contributed by atoms with van der Waals surface area (Å²) in [7, 11) is 3.47. The van der Waals surface area contributed by atoms with E-state index in [9.17, 15) is 0 Å². The summed E-state index contributed by atoms with van der Waals surface area (Å²) in [4.78, 5) is 4.31. The number of methoxy groups -OCH3 is 1. The second kappa shape index (κ2) is 11.6. The van der Waals surface area contributed by atoms with Gasteiger partial charge in [0.05, 0.1) is 19.3 Å². The van der Waals surface area contributed by atoms with Crippen LogP contribution in [0.5, 0.6) is 11.5 Å². The molecule has 2 aliphatic rings. The summed E-state index contributed by atoms with van der Waals surface area (Å²) in [5.41, 5.74) is 1.08. The van der Waals surface area contributed by atoms with Crippen molar-refractivity contribution in [2.45, 2.75) is 57.3 Å². The molecule has 1 aromatic rings. The number of hydrogen-bond acceptors (Lipinski definition) is 4. The lowest BCUT2D eigenvalue weighted by Gasteiger charge is -2.20. The summed E-state index contributed by atoms with van der Waals surface area (Å²) in [5, 5.41) is 6.72. The van der Waals surface area contributed by atoms with Crippen LogP contribution in [0.4, 0.5) is 0 Å². The molecule has 152 valence electrons. The molecule has 27 heavy (non-hydrogen) atoms. The Morgan fingerprint density at radius 3 is 2.67 bits per heavy atom. The highest BCUT2D eigenvalue weighted by Gasteiger charge is 2.21. The maximum absolute atomic E-state index is 6.29. The van der Waals surface area contributed by atoms with Crippen LogP contribution in [0.25, 0.3) is 0 Å². The molecule has 7 heteroatoms. The zero-order valence-corrected chi connectivity index (χ0v) is 18.7. The third-order valence-electron chi connectivity index (χ3n) is 5.06. The van der Waals surface area contributed by atoms with Crippen LogP contribution in [-0.4, -0.2) is 45.5 Å². The molecule has 0 radical (unpaired) electrons. The molecule has 1 aliphatic carbocycles. The molecule has 0 aromatic heterocycles. The van der Waals surface area contributed by atoms with Gasteiger partial charge in [-0.05, 0) is 44.6 Å². The van der Waals surface area contributed by atoms with E-state index in [1.165, 1.54) is 12.8 Å². The molecule has 3 rings (SSSR count). The second-order valence-corrected chi connectivity index (χ2v) is 6.91. The molecule has 1 saturated heterocycles. The highest BCUT2D eigenvalue weighted by atomic mass is 127. The Morgan fingerprint density at radius 2 is 2.00 bits per heavy atom. The van der Waals surface area contributed by atoms with Gasteiger partial charge in [0.15, 0.2) is 17.5 Å². The summed E-state index contributed by atoms with van der Waals surface area (Å²) >= 11 is 0. The van der Waals surface area contributed by atoms with Crippen LogP contribution in [0.2, 0.25) is 0 Å². The molecule has 1 saturated carbocycles. The van der Waals surface area contributed by atoms with Crippen LogP contribution < -0.4 is 20.1 Å². The summed E-state index contributed by atoms with van der Waals surface area (Å²) in [5.74, 6) is 2.41. The Labute approximate surface area is 179 Å². The van der Waals surface area contributed by atoms with Crippen LogP contribution in [0.3, 0.4) is 0 Å². The summed E-state index contributed by atoms with van der Waals surface area (Å²) < 4.78 is 17.5. The Bertz CT molecular complexity index is 600. The molecule has 1 aromatic carbocycles. The normalized spacial score (nSPS) is 20.2. The van der Waals surface area contributed by atoms with Gasteiger partial charge in [0.1, 0.15) is 0 Å². The van der Waals surface area contributed by atoms with E-state index in [2.05, 4.69) is 21.7 Å². The monoisotopic (exact) mass is 489 g/mol. The van der Waals surface area contributed by atoms with Crippen molar-refractivity contribution in [2.75, 3.05) is 27.3 Å². The predicted molar refractivity (Wildman–Crippen MR) is 118 cm³/mol. The SMILES string of the molecule is CN=C(NCc1cccc(OC)c1OC1CCCC1)NCC1CCCO1.I. The first-order valence-corrected chi connectivity index (χ1v) is 9.69. The molecule has 2 fully saturated rings. The van der Waals surface area contributed by atoms with Gasteiger partial charge >= 0.3 is 0 Å². The number of ether oxygens (including phenoxy) is 3. The minimum atomic E-state index is 0. The van der Waals surface area contributed by atoms with Crippen LogP contribution in [0.15, 0.2) is 23.2 Å². The first-order valence-electron chi connectivity index (χ1n) is 9.69. The lowest BCUT2D eigenvalue weighted by molar-refractivity contribution is 0.114. The molecule has 1 atom stereocenters. The molecule has 1 unspecified atom stereocenters. The van der Waals surface area contributed by atoms with Gasteiger partial charge in [0, 0.05) is 32.3 Å². The molecule has 2 N–H and O–H groups in total. The zero-order valence-electron chi connectivity index (χ0n) is 16.3. The van der Waals surface area contributed by atoms with E-state index >= 15 is 0 Å². The lowest BCUT2D eigenvalue weighted by atomic mass is 10.1. The van der Waals surface area contributed by atoms with E-state index in [4.69, 9.17) is 14.2 Å². The Hall–Kier alpha value is -1.22. The fourth-order valence-corrected chi connectivity index (χ4v) is 3.58. The topological polar surface area (TPSA) is 64.1 Å². The summed E-state index contributed by atoms with van der Waals surface area (Å²) in [6, 6.07) is 6.03. The number of nitrogens with zero attached hydrogens (tertiary/aromatic N) is 1. The van der Waals surface area contributed by atoms with Crippen molar-refractivity contribution >= 4 is 29.9 Å². The van der Waals surface area contributed by atoms with Crippen molar-refractivity contribution in [3.05, 3.63) is 23.8 Å². The highest BCUT2D eigenvalue weighted by molar-refractivity contribution is 14.0. The number of benzene rings is 1. The maximum atomic E-state index is 6.29. The van der Waals surface area contributed by atoms with Crippen molar-refractivity contribution < 1.29 is 14.2 Å². The summed E-state index contributed by atoms with van der Waals surface area (Å²) in [6.45, 7) is 2.28. The van der Waals surface area contributed by atoms with Crippen molar-refractivity contribution in [3.8, 4) is 11.5 Å². The molecule has 0 bridgehead atoms. The van der Waals surface area contributed by atoms with Gasteiger partial charge in [0.2, 0.25) is 0 Å². The number of guanidine groups is 1. The van der Waals surface area contributed by atoms with Gasteiger partial charge in [-0.15, -0.1) is 24.0 Å². The molecular formula is C20H32IN3O3. The Morgan fingerprint density at radius 1 is 1.19 bits per heavy atom. The van der Waals surface area contributed by atoms with E-state index < -0.39 is 0 Å².